The third-order valence-corrected chi connectivity index (χ3v) is 4.09. The summed E-state index contributed by atoms with van der Waals surface area (Å²) in [5.74, 6) is -0.668. The van der Waals surface area contributed by atoms with Crippen LogP contribution < -0.4 is 0 Å². The molecule has 1 aromatic carbocycles. The lowest BCUT2D eigenvalue weighted by molar-refractivity contribution is 0.0630. The Morgan fingerprint density at radius 2 is 1.91 bits per heavy atom. The van der Waals surface area contributed by atoms with E-state index < -0.39 is 5.82 Å². The first kappa shape index (κ1) is 15.6. The Labute approximate surface area is 134 Å². The van der Waals surface area contributed by atoms with Crippen LogP contribution in [0.5, 0.6) is 0 Å². The molecule has 0 radical (unpaired) electrons. The van der Waals surface area contributed by atoms with Gasteiger partial charge in [0.25, 0.3) is 5.91 Å². The van der Waals surface area contributed by atoms with Crippen molar-refractivity contribution in [3.63, 3.8) is 0 Å². The summed E-state index contributed by atoms with van der Waals surface area (Å²) < 4.78 is 15.5. The average Bonchev–Trinajstić information content (AvgIpc) is 3.09. The molecule has 0 saturated carbocycles. The highest BCUT2D eigenvalue weighted by atomic mass is 19.1. The van der Waals surface area contributed by atoms with Crippen LogP contribution in [0.1, 0.15) is 16.8 Å². The Balaban J connectivity index is 1.45. The van der Waals surface area contributed by atoms with Gasteiger partial charge in [0.05, 0.1) is 5.56 Å². The maximum Gasteiger partial charge on any atom is 0.256 e. The summed E-state index contributed by atoms with van der Waals surface area (Å²) in [4.78, 5) is 20.3. The predicted octanol–water partition coefficient (Wildman–Crippen LogP) is 1.27. The largest absolute Gasteiger partial charge is 0.336 e. The van der Waals surface area contributed by atoms with Crippen LogP contribution >= 0.6 is 0 Å². The summed E-state index contributed by atoms with van der Waals surface area (Å²) in [6, 6.07) is 6.16. The van der Waals surface area contributed by atoms with Gasteiger partial charge in [0.1, 0.15) is 18.5 Å². The molecule has 1 aliphatic rings. The van der Waals surface area contributed by atoms with Gasteiger partial charge in [-0.15, -0.1) is 0 Å². The van der Waals surface area contributed by atoms with Crippen LogP contribution in [0.3, 0.4) is 0 Å². The number of hydrogen-bond donors (Lipinski definition) is 0. The maximum absolute atomic E-state index is 13.7. The fourth-order valence-corrected chi connectivity index (χ4v) is 2.78. The van der Waals surface area contributed by atoms with Gasteiger partial charge in [0.2, 0.25) is 0 Å². The van der Waals surface area contributed by atoms with Gasteiger partial charge in [0, 0.05) is 39.3 Å². The van der Waals surface area contributed by atoms with E-state index in [-0.39, 0.29) is 11.5 Å². The van der Waals surface area contributed by atoms with Gasteiger partial charge in [-0.1, -0.05) is 12.1 Å². The minimum absolute atomic E-state index is 0.159. The lowest BCUT2D eigenvalue weighted by Crippen LogP contribution is -2.49. The Morgan fingerprint density at radius 1 is 1.13 bits per heavy atom. The molecule has 2 aromatic rings. The van der Waals surface area contributed by atoms with E-state index in [2.05, 4.69) is 15.0 Å². The van der Waals surface area contributed by atoms with E-state index in [0.717, 1.165) is 32.6 Å². The molecule has 0 aliphatic carbocycles. The second-order valence-electron chi connectivity index (χ2n) is 5.63. The van der Waals surface area contributed by atoms with Gasteiger partial charge in [-0.2, -0.15) is 5.10 Å². The van der Waals surface area contributed by atoms with Crippen molar-refractivity contribution < 1.29 is 9.18 Å². The number of amides is 1. The molecule has 0 unspecified atom stereocenters. The molecule has 0 bridgehead atoms. The molecule has 0 spiro atoms. The van der Waals surface area contributed by atoms with Crippen LogP contribution in [0.4, 0.5) is 4.39 Å². The second kappa shape index (κ2) is 7.32. The topological polar surface area (TPSA) is 54.3 Å². The molecule has 1 aromatic heterocycles. The van der Waals surface area contributed by atoms with Crippen molar-refractivity contribution in [3.8, 4) is 0 Å². The number of rotatable bonds is 5. The van der Waals surface area contributed by atoms with Crippen molar-refractivity contribution in [1.82, 2.24) is 24.6 Å². The Morgan fingerprint density at radius 3 is 2.61 bits per heavy atom. The van der Waals surface area contributed by atoms with Gasteiger partial charge in [-0.3, -0.25) is 14.4 Å². The molecule has 1 amide bonds. The van der Waals surface area contributed by atoms with Crippen molar-refractivity contribution in [1.29, 1.82) is 0 Å². The zero-order chi connectivity index (χ0) is 16.1. The number of nitrogens with zero attached hydrogens (tertiary/aromatic N) is 5. The Kier molecular flexibility index (Phi) is 4.97. The van der Waals surface area contributed by atoms with E-state index in [0.29, 0.717) is 13.1 Å². The van der Waals surface area contributed by atoms with E-state index in [1.165, 1.54) is 12.4 Å². The minimum atomic E-state index is -0.451. The first-order chi connectivity index (χ1) is 11.2. The number of carbonyl (C=O) groups excluding carboxylic acids is 1. The van der Waals surface area contributed by atoms with Crippen LogP contribution in [0, 0.1) is 5.82 Å². The van der Waals surface area contributed by atoms with Crippen LogP contribution in [-0.2, 0) is 6.54 Å². The molecular weight excluding hydrogens is 297 g/mol. The van der Waals surface area contributed by atoms with E-state index in [1.54, 1.807) is 29.4 Å². The molecule has 1 fully saturated rings. The van der Waals surface area contributed by atoms with Crippen LogP contribution in [-0.4, -0.2) is 63.2 Å². The van der Waals surface area contributed by atoms with E-state index in [1.807, 2.05) is 4.68 Å². The highest BCUT2D eigenvalue weighted by molar-refractivity contribution is 5.94. The number of hydrogen-bond acceptors (Lipinski definition) is 4. The lowest BCUT2D eigenvalue weighted by atomic mass is 10.1. The summed E-state index contributed by atoms with van der Waals surface area (Å²) >= 11 is 0. The van der Waals surface area contributed by atoms with Gasteiger partial charge in [-0.05, 0) is 18.6 Å². The van der Waals surface area contributed by atoms with Gasteiger partial charge >= 0.3 is 0 Å². The zero-order valence-electron chi connectivity index (χ0n) is 12.9. The third-order valence-electron chi connectivity index (χ3n) is 4.09. The summed E-state index contributed by atoms with van der Waals surface area (Å²) in [6.07, 6.45) is 4.24. The molecule has 23 heavy (non-hydrogen) atoms. The lowest BCUT2D eigenvalue weighted by Gasteiger charge is -2.34. The Bertz CT molecular complexity index is 638. The van der Waals surface area contributed by atoms with E-state index in [9.17, 15) is 9.18 Å². The molecule has 0 atom stereocenters. The molecule has 0 N–H and O–H groups in total. The maximum atomic E-state index is 13.7. The molecule has 122 valence electrons. The standard InChI is InChI=1S/C16H20FN5O/c17-15-5-2-1-4-14(15)16(23)21-10-8-20(9-11-21)6-3-7-22-13-18-12-19-22/h1-2,4-5,12-13H,3,6-11H2. The number of benzene rings is 1. The molecule has 1 saturated heterocycles. The monoisotopic (exact) mass is 317 g/mol. The molecule has 1 aliphatic heterocycles. The van der Waals surface area contributed by atoms with Crippen LogP contribution in [0.15, 0.2) is 36.9 Å². The third kappa shape index (κ3) is 3.92. The fourth-order valence-electron chi connectivity index (χ4n) is 2.78. The first-order valence-electron chi connectivity index (χ1n) is 7.82. The number of piperazine rings is 1. The van der Waals surface area contributed by atoms with Crippen molar-refractivity contribution in [2.75, 3.05) is 32.7 Å². The Hall–Kier alpha value is -2.28. The first-order valence-corrected chi connectivity index (χ1v) is 7.82. The van der Waals surface area contributed by atoms with Crippen molar-refractivity contribution in [2.24, 2.45) is 0 Å². The van der Waals surface area contributed by atoms with Crippen LogP contribution in [0.2, 0.25) is 0 Å². The highest BCUT2D eigenvalue weighted by Gasteiger charge is 2.23. The molecule has 6 nitrogen and oxygen atoms in total. The molecule has 3 rings (SSSR count). The van der Waals surface area contributed by atoms with Crippen molar-refractivity contribution in [2.45, 2.75) is 13.0 Å². The summed E-state index contributed by atoms with van der Waals surface area (Å²) in [6.45, 7) is 4.71. The second-order valence-corrected chi connectivity index (χ2v) is 5.63. The van der Waals surface area contributed by atoms with E-state index >= 15 is 0 Å². The zero-order valence-corrected chi connectivity index (χ0v) is 12.9. The number of aromatic nitrogens is 3. The predicted molar refractivity (Wildman–Crippen MR) is 83.4 cm³/mol. The fraction of sp³-hybridized carbons (Fsp3) is 0.438. The number of aryl methyl sites for hydroxylation is 1. The molecular formula is C16H20FN5O. The SMILES string of the molecule is O=C(c1ccccc1F)N1CCN(CCCn2cncn2)CC1. The van der Waals surface area contributed by atoms with Crippen molar-refractivity contribution >= 4 is 5.91 Å². The smallest absolute Gasteiger partial charge is 0.256 e. The number of halogens is 1. The summed E-state index contributed by atoms with van der Waals surface area (Å²) in [5, 5.41) is 4.07. The quantitative estimate of drug-likeness (QED) is 0.833. The molecule has 7 heteroatoms. The van der Waals surface area contributed by atoms with Crippen LogP contribution in [0.25, 0.3) is 0 Å². The summed E-state index contributed by atoms with van der Waals surface area (Å²) in [5.41, 5.74) is 0.159. The number of carbonyl (C=O) groups is 1. The van der Waals surface area contributed by atoms with Gasteiger partial charge in [0.15, 0.2) is 0 Å². The highest BCUT2D eigenvalue weighted by Crippen LogP contribution is 2.12. The summed E-state index contributed by atoms with van der Waals surface area (Å²) in [7, 11) is 0. The van der Waals surface area contributed by atoms with Gasteiger partial charge in [-0.25, -0.2) is 9.37 Å². The van der Waals surface area contributed by atoms with Crippen molar-refractivity contribution in [3.05, 3.63) is 48.3 Å². The molecule has 2 heterocycles. The minimum Gasteiger partial charge on any atom is -0.336 e. The normalized spacial score (nSPS) is 15.8. The van der Waals surface area contributed by atoms with E-state index in [4.69, 9.17) is 0 Å². The van der Waals surface area contributed by atoms with Gasteiger partial charge < -0.3 is 4.90 Å². The average molecular weight is 317 g/mol.